The average molecular weight is 249 g/mol. The molecular weight excluding hydrogens is 225 g/mol. The molecule has 100 valence electrons. The lowest BCUT2D eigenvalue weighted by atomic mass is 9.89. The van der Waals surface area contributed by atoms with E-state index in [-0.39, 0.29) is 5.92 Å². The van der Waals surface area contributed by atoms with Crippen molar-refractivity contribution in [1.29, 1.82) is 0 Å². The van der Waals surface area contributed by atoms with Crippen molar-refractivity contribution >= 4 is 0 Å². The van der Waals surface area contributed by atoms with Crippen LogP contribution >= 0.6 is 0 Å². The maximum Gasteiger partial charge on any atom is 0.107 e. The maximum atomic E-state index is 14.2. The first-order chi connectivity index (χ1) is 8.66. The standard InChI is InChI=1S/C16H24FN/c1-12(2)14-5-3-13(4-6-14)11-16(17)15-7-9-18-10-8-15/h3-6,12,15-16,18H,7-11H2,1-2H3. The van der Waals surface area contributed by atoms with E-state index in [9.17, 15) is 4.39 Å². The Kier molecular flexibility index (Phi) is 4.76. The molecule has 2 rings (SSSR count). The van der Waals surface area contributed by atoms with Gasteiger partial charge in [0.15, 0.2) is 0 Å². The van der Waals surface area contributed by atoms with Gasteiger partial charge >= 0.3 is 0 Å². The topological polar surface area (TPSA) is 12.0 Å². The number of piperidine rings is 1. The average Bonchev–Trinajstić information content (AvgIpc) is 2.40. The zero-order valence-corrected chi connectivity index (χ0v) is 11.5. The number of rotatable bonds is 4. The molecule has 0 amide bonds. The molecule has 1 unspecified atom stereocenters. The molecule has 0 aliphatic carbocycles. The lowest BCUT2D eigenvalue weighted by Crippen LogP contribution is -2.33. The highest BCUT2D eigenvalue weighted by atomic mass is 19.1. The van der Waals surface area contributed by atoms with E-state index in [1.165, 1.54) is 5.56 Å². The first kappa shape index (κ1) is 13.5. The van der Waals surface area contributed by atoms with Crippen molar-refractivity contribution in [2.24, 2.45) is 5.92 Å². The van der Waals surface area contributed by atoms with Crippen LogP contribution in [0, 0.1) is 5.92 Å². The summed E-state index contributed by atoms with van der Waals surface area (Å²) in [6.07, 6.45) is 1.84. The largest absolute Gasteiger partial charge is 0.317 e. The van der Waals surface area contributed by atoms with Crippen LogP contribution in [0.25, 0.3) is 0 Å². The fraction of sp³-hybridized carbons (Fsp3) is 0.625. The molecule has 2 heteroatoms. The van der Waals surface area contributed by atoms with Crippen LogP contribution in [0.15, 0.2) is 24.3 Å². The van der Waals surface area contributed by atoms with Crippen molar-refractivity contribution in [2.75, 3.05) is 13.1 Å². The summed E-state index contributed by atoms with van der Waals surface area (Å²) in [5, 5.41) is 3.29. The predicted octanol–water partition coefficient (Wildman–Crippen LogP) is 3.69. The SMILES string of the molecule is CC(C)c1ccc(CC(F)C2CCNCC2)cc1. The van der Waals surface area contributed by atoms with Crippen LogP contribution in [-0.4, -0.2) is 19.3 Å². The van der Waals surface area contributed by atoms with Gasteiger partial charge in [-0.15, -0.1) is 0 Å². The molecule has 1 aromatic carbocycles. The fourth-order valence-corrected chi connectivity index (χ4v) is 2.64. The number of nitrogens with one attached hydrogen (secondary N) is 1. The Bertz CT molecular complexity index is 352. The molecule has 0 aromatic heterocycles. The zero-order chi connectivity index (χ0) is 13.0. The van der Waals surface area contributed by atoms with E-state index >= 15 is 0 Å². The minimum atomic E-state index is -0.683. The van der Waals surface area contributed by atoms with Crippen LogP contribution < -0.4 is 5.32 Å². The molecule has 1 saturated heterocycles. The Balaban J connectivity index is 1.91. The van der Waals surface area contributed by atoms with Gasteiger partial charge in [0, 0.05) is 6.42 Å². The molecule has 1 N–H and O–H groups in total. The molecule has 1 atom stereocenters. The van der Waals surface area contributed by atoms with Gasteiger partial charge in [-0.25, -0.2) is 4.39 Å². The van der Waals surface area contributed by atoms with E-state index in [1.54, 1.807) is 0 Å². The van der Waals surface area contributed by atoms with E-state index in [0.717, 1.165) is 31.5 Å². The van der Waals surface area contributed by atoms with Crippen LogP contribution in [0.3, 0.4) is 0 Å². The molecule has 1 aliphatic rings. The van der Waals surface area contributed by atoms with Crippen LogP contribution in [-0.2, 0) is 6.42 Å². The van der Waals surface area contributed by atoms with E-state index in [0.29, 0.717) is 12.3 Å². The third kappa shape index (κ3) is 3.55. The molecular formula is C16H24FN. The highest BCUT2D eigenvalue weighted by Crippen LogP contribution is 2.23. The molecule has 1 heterocycles. The van der Waals surface area contributed by atoms with Crippen molar-refractivity contribution in [3.63, 3.8) is 0 Å². The van der Waals surface area contributed by atoms with E-state index in [4.69, 9.17) is 0 Å². The monoisotopic (exact) mass is 249 g/mol. The Morgan fingerprint density at radius 3 is 2.33 bits per heavy atom. The summed E-state index contributed by atoms with van der Waals surface area (Å²) in [5.41, 5.74) is 2.46. The number of benzene rings is 1. The van der Waals surface area contributed by atoms with Gasteiger partial charge in [-0.1, -0.05) is 38.1 Å². The van der Waals surface area contributed by atoms with Crippen molar-refractivity contribution in [3.05, 3.63) is 35.4 Å². The van der Waals surface area contributed by atoms with Crippen molar-refractivity contribution in [2.45, 2.75) is 45.2 Å². The van der Waals surface area contributed by atoms with E-state index < -0.39 is 6.17 Å². The Hall–Kier alpha value is -0.890. The summed E-state index contributed by atoms with van der Waals surface area (Å²) in [6.45, 7) is 6.30. The van der Waals surface area contributed by atoms with Gasteiger partial charge in [0.2, 0.25) is 0 Å². The van der Waals surface area contributed by atoms with Crippen LogP contribution in [0.4, 0.5) is 4.39 Å². The van der Waals surface area contributed by atoms with Crippen molar-refractivity contribution < 1.29 is 4.39 Å². The third-order valence-corrected chi connectivity index (χ3v) is 3.97. The number of hydrogen-bond acceptors (Lipinski definition) is 1. The molecule has 1 aromatic rings. The summed E-state index contributed by atoms with van der Waals surface area (Å²) in [4.78, 5) is 0. The first-order valence-electron chi connectivity index (χ1n) is 7.10. The van der Waals surface area contributed by atoms with Gasteiger partial charge in [-0.05, 0) is 48.9 Å². The molecule has 1 fully saturated rings. The normalized spacial score (nSPS) is 19.1. The lowest BCUT2D eigenvalue weighted by molar-refractivity contribution is 0.187. The Morgan fingerprint density at radius 2 is 1.78 bits per heavy atom. The minimum Gasteiger partial charge on any atom is -0.317 e. The molecule has 0 spiro atoms. The van der Waals surface area contributed by atoms with Crippen LogP contribution in [0.1, 0.15) is 43.7 Å². The minimum absolute atomic E-state index is 0.246. The summed E-state index contributed by atoms with van der Waals surface area (Å²) in [6, 6.07) is 8.44. The highest BCUT2D eigenvalue weighted by Gasteiger charge is 2.23. The molecule has 1 nitrogen and oxygen atoms in total. The maximum absolute atomic E-state index is 14.2. The smallest absolute Gasteiger partial charge is 0.107 e. The van der Waals surface area contributed by atoms with Crippen molar-refractivity contribution in [1.82, 2.24) is 5.32 Å². The second-order valence-electron chi connectivity index (χ2n) is 5.70. The van der Waals surface area contributed by atoms with Gasteiger partial charge in [-0.2, -0.15) is 0 Å². The molecule has 1 aliphatic heterocycles. The molecule has 18 heavy (non-hydrogen) atoms. The van der Waals surface area contributed by atoms with Gasteiger partial charge in [0.05, 0.1) is 0 Å². The van der Waals surface area contributed by atoms with Gasteiger partial charge < -0.3 is 5.32 Å². The van der Waals surface area contributed by atoms with E-state index in [1.807, 2.05) is 0 Å². The number of alkyl halides is 1. The van der Waals surface area contributed by atoms with Crippen LogP contribution in [0.2, 0.25) is 0 Å². The second kappa shape index (κ2) is 6.33. The number of halogens is 1. The second-order valence-corrected chi connectivity index (χ2v) is 5.70. The predicted molar refractivity (Wildman–Crippen MR) is 74.7 cm³/mol. The Morgan fingerprint density at radius 1 is 1.17 bits per heavy atom. The zero-order valence-electron chi connectivity index (χ0n) is 11.5. The van der Waals surface area contributed by atoms with E-state index in [2.05, 4.69) is 43.4 Å². The quantitative estimate of drug-likeness (QED) is 0.858. The highest BCUT2D eigenvalue weighted by molar-refractivity contribution is 5.25. The number of hydrogen-bond donors (Lipinski definition) is 1. The van der Waals surface area contributed by atoms with Crippen molar-refractivity contribution in [3.8, 4) is 0 Å². The molecule has 0 bridgehead atoms. The summed E-state index contributed by atoms with van der Waals surface area (Å²) in [5.74, 6) is 0.792. The molecule has 0 saturated carbocycles. The van der Waals surface area contributed by atoms with Crippen LogP contribution in [0.5, 0.6) is 0 Å². The molecule has 0 radical (unpaired) electrons. The summed E-state index contributed by atoms with van der Waals surface area (Å²) in [7, 11) is 0. The van der Waals surface area contributed by atoms with Gasteiger partial charge in [0.25, 0.3) is 0 Å². The summed E-state index contributed by atoms with van der Waals surface area (Å²) >= 11 is 0. The Labute approximate surface area is 110 Å². The summed E-state index contributed by atoms with van der Waals surface area (Å²) < 4.78 is 14.2. The van der Waals surface area contributed by atoms with Gasteiger partial charge in [0.1, 0.15) is 6.17 Å². The van der Waals surface area contributed by atoms with Gasteiger partial charge in [-0.3, -0.25) is 0 Å². The fourth-order valence-electron chi connectivity index (χ4n) is 2.64. The third-order valence-electron chi connectivity index (χ3n) is 3.97. The first-order valence-corrected chi connectivity index (χ1v) is 7.10. The lowest BCUT2D eigenvalue weighted by Gasteiger charge is -2.25.